The molecule has 3 aliphatic carbocycles. The van der Waals surface area contributed by atoms with Crippen molar-refractivity contribution < 1.29 is 19.7 Å². The molecule has 2 saturated carbocycles. The van der Waals surface area contributed by atoms with Crippen LogP contribution < -0.4 is 4.74 Å². The van der Waals surface area contributed by atoms with Crippen molar-refractivity contribution in [2.24, 2.45) is 5.92 Å². The number of likely N-dealkylation sites (N-methyl/N-ethyl adjacent to an activating group) is 1. The van der Waals surface area contributed by atoms with Gasteiger partial charge in [0.15, 0.2) is 23.4 Å². The van der Waals surface area contributed by atoms with Gasteiger partial charge in [0.2, 0.25) is 0 Å². The van der Waals surface area contributed by atoms with Gasteiger partial charge in [-0.15, -0.1) is 0 Å². The summed E-state index contributed by atoms with van der Waals surface area (Å²) in [6, 6.07) is 3.58. The maximum absolute atomic E-state index is 12.7. The summed E-state index contributed by atoms with van der Waals surface area (Å²) in [6.07, 6.45) is 3.38. The molecule has 1 aliphatic heterocycles. The van der Waals surface area contributed by atoms with Crippen molar-refractivity contribution in [3.8, 4) is 11.5 Å². The van der Waals surface area contributed by atoms with Gasteiger partial charge in [0.25, 0.3) is 0 Å². The zero-order valence-corrected chi connectivity index (χ0v) is 15.5. The van der Waals surface area contributed by atoms with Crippen LogP contribution in [0, 0.1) is 5.92 Å². The molecular formula is C21H27NO4. The molecule has 4 atom stereocenters. The summed E-state index contributed by atoms with van der Waals surface area (Å²) >= 11 is 0. The summed E-state index contributed by atoms with van der Waals surface area (Å²) in [5, 5.41) is 22.4. The fourth-order valence-electron chi connectivity index (χ4n) is 5.80. The van der Waals surface area contributed by atoms with Crippen molar-refractivity contribution >= 4 is 5.78 Å². The molecule has 5 rings (SSSR count). The molecule has 140 valence electrons. The summed E-state index contributed by atoms with van der Waals surface area (Å²) in [7, 11) is 0. The lowest BCUT2D eigenvalue weighted by atomic mass is 9.52. The quantitative estimate of drug-likeness (QED) is 0.864. The highest BCUT2D eigenvalue weighted by Gasteiger charge is 2.69. The van der Waals surface area contributed by atoms with Crippen LogP contribution in [0.25, 0.3) is 0 Å². The van der Waals surface area contributed by atoms with Gasteiger partial charge in [-0.05, 0) is 56.7 Å². The van der Waals surface area contributed by atoms with Gasteiger partial charge < -0.3 is 14.9 Å². The van der Waals surface area contributed by atoms with Crippen LogP contribution in [0.2, 0.25) is 0 Å². The van der Waals surface area contributed by atoms with E-state index in [4.69, 9.17) is 4.74 Å². The van der Waals surface area contributed by atoms with E-state index in [1.807, 2.05) is 13.0 Å². The fraction of sp³-hybridized carbons (Fsp3) is 0.667. The van der Waals surface area contributed by atoms with Gasteiger partial charge in [-0.2, -0.15) is 0 Å². The summed E-state index contributed by atoms with van der Waals surface area (Å²) < 4.78 is 5.99. The molecule has 0 radical (unpaired) electrons. The number of Topliss-reactive ketones (excluding diaryl/α,β-unsaturated/α-hetero) is 1. The minimum Gasteiger partial charge on any atom is -0.504 e. The Labute approximate surface area is 154 Å². The Hall–Kier alpha value is -1.59. The standard InChI is InChI=1S/C21H27NO4/c1-3-22(11-12-4-5-12)16-10-13-6-7-14(23)18-17(13)20(2)19(26-18)15(24)8-9-21(16,20)25/h6-7,12,16,19,23,25H,3-5,8-11H2,1-2H3/t16-,19+,20+,21-/m0/s1. The van der Waals surface area contributed by atoms with E-state index in [0.29, 0.717) is 18.6 Å². The Kier molecular flexibility index (Phi) is 3.33. The maximum atomic E-state index is 12.7. The van der Waals surface area contributed by atoms with Crippen molar-refractivity contribution in [3.63, 3.8) is 0 Å². The van der Waals surface area contributed by atoms with Crippen LogP contribution in [0.1, 0.15) is 50.7 Å². The molecule has 5 nitrogen and oxygen atoms in total. The van der Waals surface area contributed by atoms with Gasteiger partial charge in [0.1, 0.15) is 0 Å². The van der Waals surface area contributed by atoms with Gasteiger partial charge in [-0.1, -0.05) is 13.0 Å². The van der Waals surface area contributed by atoms with Crippen LogP contribution in [0.5, 0.6) is 11.5 Å². The molecule has 1 heterocycles. The second-order valence-corrected chi connectivity index (χ2v) is 8.79. The van der Waals surface area contributed by atoms with Crippen LogP contribution in [-0.2, 0) is 16.6 Å². The molecule has 0 spiro atoms. The number of carbonyl (C=O) groups is 1. The fourth-order valence-corrected chi connectivity index (χ4v) is 5.80. The lowest BCUT2D eigenvalue weighted by Crippen LogP contribution is -2.72. The Bertz CT molecular complexity index is 788. The van der Waals surface area contributed by atoms with Crippen molar-refractivity contribution in [3.05, 3.63) is 23.3 Å². The molecule has 2 fully saturated rings. The van der Waals surface area contributed by atoms with E-state index < -0.39 is 17.1 Å². The summed E-state index contributed by atoms with van der Waals surface area (Å²) in [5.41, 5.74) is 0.131. The highest BCUT2D eigenvalue weighted by Crippen LogP contribution is 2.61. The van der Waals surface area contributed by atoms with E-state index in [0.717, 1.165) is 36.6 Å². The van der Waals surface area contributed by atoms with Crippen molar-refractivity contribution in [2.45, 2.75) is 69.1 Å². The molecular weight excluding hydrogens is 330 g/mol. The number of aliphatic hydroxyl groups is 1. The van der Waals surface area contributed by atoms with Crippen LogP contribution in [0.15, 0.2) is 12.1 Å². The first-order chi connectivity index (χ1) is 12.4. The maximum Gasteiger partial charge on any atom is 0.174 e. The highest BCUT2D eigenvalue weighted by atomic mass is 16.5. The van der Waals surface area contributed by atoms with Gasteiger partial charge >= 0.3 is 0 Å². The predicted octanol–water partition coefficient (Wildman–Crippen LogP) is 2.16. The zero-order chi connectivity index (χ0) is 18.3. The molecule has 1 aromatic rings. The third-order valence-electron chi connectivity index (χ3n) is 7.45. The van der Waals surface area contributed by atoms with Crippen LogP contribution >= 0.6 is 0 Å². The van der Waals surface area contributed by atoms with Gasteiger partial charge in [-0.3, -0.25) is 9.69 Å². The lowest BCUT2D eigenvalue weighted by molar-refractivity contribution is -0.166. The lowest BCUT2D eigenvalue weighted by Gasteiger charge is -2.57. The largest absolute Gasteiger partial charge is 0.504 e. The molecule has 0 saturated heterocycles. The Morgan fingerprint density at radius 2 is 2.12 bits per heavy atom. The minimum absolute atomic E-state index is 0.0275. The van der Waals surface area contributed by atoms with Crippen LogP contribution in [0.3, 0.4) is 0 Å². The molecule has 4 aliphatic rings. The van der Waals surface area contributed by atoms with Crippen molar-refractivity contribution in [1.82, 2.24) is 4.90 Å². The second-order valence-electron chi connectivity index (χ2n) is 8.79. The smallest absolute Gasteiger partial charge is 0.174 e. The molecule has 26 heavy (non-hydrogen) atoms. The van der Waals surface area contributed by atoms with Crippen LogP contribution in [0.4, 0.5) is 0 Å². The second kappa shape index (κ2) is 5.23. The van der Waals surface area contributed by atoms with E-state index in [1.165, 1.54) is 12.8 Å². The molecule has 0 unspecified atom stereocenters. The van der Waals surface area contributed by atoms with E-state index >= 15 is 0 Å². The number of phenolic OH excluding ortho intramolecular Hbond substituents is 1. The molecule has 0 amide bonds. The molecule has 2 N–H and O–H groups in total. The van der Waals surface area contributed by atoms with E-state index in [1.54, 1.807) is 6.07 Å². The average molecular weight is 357 g/mol. The molecule has 0 bridgehead atoms. The van der Waals surface area contributed by atoms with Gasteiger partial charge in [-0.25, -0.2) is 0 Å². The summed E-state index contributed by atoms with van der Waals surface area (Å²) in [5.74, 6) is 1.25. The molecule has 5 heteroatoms. The molecule has 1 aromatic carbocycles. The van der Waals surface area contributed by atoms with Gasteiger partial charge in [0.05, 0.1) is 11.0 Å². The average Bonchev–Trinajstić information content (AvgIpc) is 3.37. The third kappa shape index (κ3) is 1.91. The number of aromatic hydroxyl groups is 1. The number of rotatable bonds is 4. The highest BCUT2D eigenvalue weighted by molar-refractivity contribution is 5.89. The number of benzene rings is 1. The van der Waals surface area contributed by atoms with E-state index in [9.17, 15) is 15.0 Å². The Morgan fingerprint density at radius 1 is 1.35 bits per heavy atom. The SMILES string of the molecule is CCN(CC1CC1)[C@H]1Cc2ccc(O)c3c2[C@]2(C)[C@H](O3)C(=O)CC[C@]12O. The minimum atomic E-state index is -1.03. The first-order valence-corrected chi connectivity index (χ1v) is 9.91. The number of hydrogen-bond donors (Lipinski definition) is 2. The molecule has 0 aromatic heterocycles. The predicted molar refractivity (Wildman–Crippen MR) is 96.5 cm³/mol. The summed E-state index contributed by atoms with van der Waals surface area (Å²) in [4.78, 5) is 15.1. The normalized spacial score (nSPS) is 37.6. The van der Waals surface area contributed by atoms with Gasteiger partial charge in [0, 0.05) is 24.6 Å². The number of phenols is 1. The number of carbonyl (C=O) groups excluding carboxylic acids is 1. The topological polar surface area (TPSA) is 70.0 Å². The van der Waals surface area contributed by atoms with Crippen molar-refractivity contribution in [2.75, 3.05) is 13.1 Å². The first-order valence-electron chi connectivity index (χ1n) is 9.91. The van der Waals surface area contributed by atoms with E-state index in [2.05, 4.69) is 11.8 Å². The van der Waals surface area contributed by atoms with Crippen LogP contribution in [-0.4, -0.2) is 51.7 Å². The monoisotopic (exact) mass is 357 g/mol. The number of ketones is 1. The number of hydrogen-bond acceptors (Lipinski definition) is 5. The third-order valence-corrected chi connectivity index (χ3v) is 7.45. The van der Waals surface area contributed by atoms with E-state index in [-0.39, 0.29) is 17.6 Å². The Balaban J connectivity index is 1.68. The summed E-state index contributed by atoms with van der Waals surface area (Å²) in [6.45, 7) is 6.03. The van der Waals surface area contributed by atoms with Crippen molar-refractivity contribution in [1.29, 1.82) is 0 Å². The Morgan fingerprint density at radius 3 is 2.81 bits per heavy atom. The first kappa shape index (κ1) is 16.6. The number of nitrogens with zero attached hydrogens (tertiary/aromatic N) is 1. The zero-order valence-electron chi connectivity index (χ0n) is 15.5. The number of ether oxygens (including phenoxy) is 1.